The topological polar surface area (TPSA) is 46.5 Å². The molecule has 3 nitrogen and oxygen atoms in total. The van der Waals surface area contributed by atoms with Crippen LogP contribution in [0.15, 0.2) is 30.3 Å². The first-order valence-corrected chi connectivity index (χ1v) is 5.87. The Hall–Kier alpha value is -1.35. The maximum atomic E-state index is 11.3. The lowest BCUT2D eigenvalue weighted by Gasteiger charge is -2.21. The lowest BCUT2D eigenvalue weighted by Crippen LogP contribution is -2.23. The van der Waals surface area contributed by atoms with Gasteiger partial charge in [-0.1, -0.05) is 44.2 Å². The molecule has 0 radical (unpaired) electrons. The average Bonchev–Trinajstić information content (AvgIpc) is 2.37. The minimum atomic E-state index is -0.536. The van der Waals surface area contributed by atoms with Gasteiger partial charge in [0.25, 0.3) is 0 Å². The first-order chi connectivity index (χ1) is 8.06. The van der Waals surface area contributed by atoms with Gasteiger partial charge in [-0.15, -0.1) is 0 Å². The summed E-state index contributed by atoms with van der Waals surface area (Å²) in [5.41, 5.74) is 1.08. The third-order valence-electron chi connectivity index (χ3n) is 3.10. The van der Waals surface area contributed by atoms with Crippen molar-refractivity contribution in [2.45, 2.75) is 32.3 Å². The summed E-state index contributed by atoms with van der Waals surface area (Å²) in [7, 11) is 1.37. The van der Waals surface area contributed by atoms with Crippen LogP contribution in [0, 0.1) is 5.92 Å². The Morgan fingerprint density at radius 2 is 1.88 bits per heavy atom. The van der Waals surface area contributed by atoms with Crippen LogP contribution in [-0.4, -0.2) is 24.3 Å². The number of ether oxygens (including phenoxy) is 1. The molecule has 0 aliphatic rings. The van der Waals surface area contributed by atoms with Gasteiger partial charge in [0, 0.05) is 5.92 Å². The minimum absolute atomic E-state index is 0.0170. The summed E-state index contributed by atoms with van der Waals surface area (Å²) in [5.74, 6) is -0.534. The van der Waals surface area contributed by atoms with Gasteiger partial charge in [0.1, 0.15) is 0 Å². The smallest absolute Gasteiger partial charge is 0.308 e. The van der Waals surface area contributed by atoms with E-state index in [4.69, 9.17) is 0 Å². The summed E-state index contributed by atoms with van der Waals surface area (Å²) in [6.45, 7) is 3.73. The zero-order valence-electron chi connectivity index (χ0n) is 10.6. The molecule has 17 heavy (non-hydrogen) atoms. The first kappa shape index (κ1) is 13.7. The molecule has 0 spiro atoms. The number of aliphatic hydroxyl groups excluding tert-OH is 1. The molecule has 0 amide bonds. The Morgan fingerprint density at radius 3 is 2.41 bits per heavy atom. The van der Waals surface area contributed by atoms with Gasteiger partial charge in [0.15, 0.2) is 0 Å². The SMILES string of the molecule is COC(=O)C(C)CC(O)C(C)c1ccccc1. The molecule has 3 unspecified atom stereocenters. The number of esters is 1. The largest absolute Gasteiger partial charge is 0.469 e. The van der Waals surface area contributed by atoms with Crippen LogP contribution in [-0.2, 0) is 9.53 Å². The summed E-state index contributed by atoms with van der Waals surface area (Å²) in [4.78, 5) is 11.3. The van der Waals surface area contributed by atoms with Crippen LogP contribution in [0.5, 0.6) is 0 Å². The average molecular weight is 236 g/mol. The van der Waals surface area contributed by atoms with E-state index < -0.39 is 6.10 Å². The van der Waals surface area contributed by atoms with Crippen molar-refractivity contribution in [3.63, 3.8) is 0 Å². The molecular formula is C14H20O3. The number of rotatable bonds is 5. The number of carbonyl (C=O) groups excluding carboxylic acids is 1. The number of carbonyl (C=O) groups is 1. The van der Waals surface area contributed by atoms with E-state index in [1.807, 2.05) is 37.3 Å². The van der Waals surface area contributed by atoms with E-state index >= 15 is 0 Å². The molecule has 0 bridgehead atoms. The Kier molecular flexibility index (Phi) is 5.16. The van der Waals surface area contributed by atoms with Crippen molar-refractivity contribution in [1.29, 1.82) is 0 Å². The van der Waals surface area contributed by atoms with Gasteiger partial charge >= 0.3 is 5.97 Å². The van der Waals surface area contributed by atoms with Crippen LogP contribution in [0.25, 0.3) is 0 Å². The van der Waals surface area contributed by atoms with E-state index in [-0.39, 0.29) is 17.8 Å². The third-order valence-corrected chi connectivity index (χ3v) is 3.10. The van der Waals surface area contributed by atoms with Crippen LogP contribution in [0.2, 0.25) is 0 Å². The Bertz CT molecular complexity index is 348. The van der Waals surface area contributed by atoms with Crippen LogP contribution in [0.4, 0.5) is 0 Å². The quantitative estimate of drug-likeness (QED) is 0.798. The van der Waals surface area contributed by atoms with Gasteiger partial charge in [-0.2, -0.15) is 0 Å². The Balaban J connectivity index is 2.59. The zero-order valence-corrected chi connectivity index (χ0v) is 10.6. The third kappa shape index (κ3) is 3.86. The van der Waals surface area contributed by atoms with Crippen molar-refractivity contribution in [2.75, 3.05) is 7.11 Å². The predicted molar refractivity (Wildman–Crippen MR) is 66.7 cm³/mol. The van der Waals surface area contributed by atoms with Crippen molar-refractivity contribution in [1.82, 2.24) is 0 Å². The van der Waals surface area contributed by atoms with E-state index in [1.54, 1.807) is 6.92 Å². The molecule has 0 fully saturated rings. The predicted octanol–water partition coefficient (Wildman–Crippen LogP) is 2.35. The number of methoxy groups -OCH3 is 1. The molecule has 0 aliphatic carbocycles. The lowest BCUT2D eigenvalue weighted by molar-refractivity contribution is -0.145. The molecule has 1 aromatic carbocycles. The van der Waals surface area contributed by atoms with Gasteiger partial charge in [-0.05, 0) is 12.0 Å². The second-order valence-corrected chi connectivity index (χ2v) is 4.43. The number of benzene rings is 1. The summed E-state index contributed by atoms with van der Waals surface area (Å²) in [6.07, 6.45) is -0.116. The van der Waals surface area contributed by atoms with Crippen LogP contribution < -0.4 is 0 Å². The van der Waals surface area contributed by atoms with Gasteiger partial charge in [0.2, 0.25) is 0 Å². The number of aliphatic hydroxyl groups is 1. The summed E-state index contributed by atoms with van der Waals surface area (Å²) in [6, 6.07) is 9.80. The lowest BCUT2D eigenvalue weighted by atomic mass is 9.90. The van der Waals surface area contributed by atoms with E-state index in [9.17, 15) is 9.90 Å². The minimum Gasteiger partial charge on any atom is -0.469 e. The highest BCUT2D eigenvalue weighted by atomic mass is 16.5. The van der Waals surface area contributed by atoms with E-state index in [0.717, 1.165) is 5.56 Å². The second kappa shape index (κ2) is 6.40. The molecule has 1 rings (SSSR count). The van der Waals surface area contributed by atoms with Crippen molar-refractivity contribution < 1.29 is 14.6 Å². The van der Waals surface area contributed by atoms with E-state index in [0.29, 0.717) is 6.42 Å². The first-order valence-electron chi connectivity index (χ1n) is 5.87. The summed E-state index contributed by atoms with van der Waals surface area (Å²) in [5, 5.41) is 10.1. The zero-order chi connectivity index (χ0) is 12.8. The maximum Gasteiger partial charge on any atom is 0.308 e. The van der Waals surface area contributed by atoms with Crippen molar-refractivity contribution >= 4 is 5.97 Å². The van der Waals surface area contributed by atoms with Gasteiger partial charge in [0.05, 0.1) is 19.1 Å². The monoisotopic (exact) mass is 236 g/mol. The number of hydrogen-bond acceptors (Lipinski definition) is 3. The second-order valence-electron chi connectivity index (χ2n) is 4.43. The number of hydrogen-bond donors (Lipinski definition) is 1. The molecular weight excluding hydrogens is 216 g/mol. The molecule has 1 N–H and O–H groups in total. The summed E-state index contributed by atoms with van der Waals surface area (Å²) < 4.78 is 4.65. The molecule has 0 aromatic heterocycles. The highest BCUT2D eigenvalue weighted by molar-refractivity contribution is 5.71. The summed E-state index contributed by atoms with van der Waals surface area (Å²) >= 11 is 0. The van der Waals surface area contributed by atoms with Gasteiger partial charge in [-0.3, -0.25) is 4.79 Å². The van der Waals surface area contributed by atoms with Crippen molar-refractivity contribution in [3.05, 3.63) is 35.9 Å². The Labute approximate surface area is 102 Å². The molecule has 0 saturated carbocycles. The van der Waals surface area contributed by atoms with Crippen LogP contribution in [0.1, 0.15) is 31.7 Å². The maximum absolute atomic E-state index is 11.3. The normalized spacial score (nSPS) is 16.0. The molecule has 94 valence electrons. The highest BCUT2D eigenvalue weighted by Crippen LogP contribution is 2.23. The fraction of sp³-hybridized carbons (Fsp3) is 0.500. The molecule has 0 heterocycles. The molecule has 3 heteroatoms. The standard InChI is InChI=1S/C14H20O3/c1-10(14(16)17-3)9-13(15)11(2)12-7-5-4-6-8-12/h4-8,10-11,13,15H,9H2,1-3H3. The van der Waals surface area contributed by atoms with E-state index in [2.05, 4.69) is 4.74 Å². The molecule has 0 aliphatic heterocycles. The van der Waals surface area contributed by atoms with Gasteiger partial charge < -0.3 is 9.84 Å². The van der Waals surface area contributed by atoms with Gasteiger partial charge in [-0.25, -0.2) is 0 Å². The van der Waals surface area contributed by atoms with Crippen molar-refractivity contribution in [2.24, 2.45) is 5.92 Å². The van der Waals surface area contributed by atoms with Crippen molar-refractivity contribution in [3.8, 4) is 0 Å². The van der Waals surface area contributed by atoms with Crippen LogP contribution >= 0.6 is 0 Å². The molecule has 0 saturated heterocycles. The van der Waals surface area contributed by atoms with Crippen LogP contribution in [0.3, 0.4) is 0 Å². The van der Waals surface area contributed by atoms with E-state index in [1.165, 1.54) is 7.11 Å². The Morgan fingerprint density at radius 1 is 1.29 bits per heavy atom. The fourth-order valence-electron chi connectivity index (χ4n) is 1.84. The fourth-order valence-corrected chi connectivity index (χ4v) is 1.84. The molecule has 3 atom stereocenters. The highest BCUT2D eigenvalue weighted by Gasteiger charge is 2.22. The molecule has 1 aromatic rings.